The first-order chi connectivity index (χ1) is 24.2. The molecule has 0 radical (unpaired) electrons. The average molecular weight is 692 g/mol. The fourth-order valence-corrected chi connectivity index (χ4v) is 10.7. The SMILES string of the molecule is C=C1C2C(CCc3c(cnc4oc5ccccc5c34)-c3cc(CC(C)(C)C)c(C)c[n+]31)c1ccccc1-c1cc(CC(C)C)c([Si](C)(C)C)c[n+]12. The summed E-state index contributed by atoms with van der Waals surface area (Å²) >= 11 is 0. The summed E-state index contributed by atoms with van der Waals surface area (Å²) in [5.74, 6) is 0.823. The van der Waals surface area contributed by atoms with Gasteiger partial charge < -0.3 is 4.42 Å². The number of para-hydroxylation sites is 1. The molecule has 0 aliphatic carbocycles. The van der Waals surface area contributed by atoms with Crippen LogP contribution in [0.2, 0.25) is 19.6 Å². The fraction of sp³-hybridized carbons (Fsp3) is 0.370. The summed E-state index contributed by atoms with van der Waals surface area (Å²) in [6.45, 7) is 26.5. The lowest BCUT2D eigenvalue weighted by Gasteiger charge is -2.31. The van der Waals surface area contributed by atoms with Crippen LogP contribution in [0.15, 0.2) is 90.3 Å². The number of hydrogen-bond acceptors (Lipinski definition) is 2. The molecule has 2 atom stereocenters. The van der Waals surface area contributed by atoms with Crippen LogP contribution in [0.4, 0.5) is 0 Å². The van der Waals surface area contributed by atoms with Gasteiger partial charge in [0.25, 0.3) is 0 Å². The Morgan fingerprint density at radius 1 is 0.941 bits per heavy atom. The molecular weight excluding hydrogens is 639 g/mol. The highest BCUT2D eigenvalue weighted by atomic mass is 28.3. The van der Waals surface area contributed by atoms with Gasteiger partial charge in [-0.15, -0.1) is 0 Å². The standard InChI is InChI=1S/C46H53N3OSi/c1-28(2)21-31-22-39-34-16-12-11-15-33(34)36-20-19-35-38(25-47-45-43(35)37-17-13-14-18-41(37)50-45)40-23-32(24-46(5,6)7)29(3)26-48(40)30(4)44(36)49(39)27-42(31)51(8,9)10/h11-18,22-23,25-28,36,44H,4,19-21,24H2,1-3,5-10H3/q+2. The zero-order valence-corrected chi connectivity index (χ0v) is 33.0. The van der Waals surface area contributed by atoms with Gasteiger partial charge >= 0.3 is 0 Å². The van der Waals surface area contributed by atoms with Crippen molar-refractivity contribution in [2.75, 3.05) is 0 Å². The number of allylic oxidation sites excluding steroid dienone is 1. The number of fused-ring (bicyclic) bond motifs is 13. The number of aryl methyl sites for hydroxylation is 2. The highest BCUT2D eigenvalue weighted by Crippen LogP contribution is 2.46. The van der Waals surface area contributed by atoms with Gasteiger partial charge in [-0.3, -0.25) is 0 Å². The molecule has 4 nitrogen and oxygen atoms in total. The van der Waals surface area contributed by atoms with Crippen molar-refractivity contribution in [1.82, 2.24) is 4.98 Å². The minimum Gasteiger partial charge on any atom is -0.438 e. The highest BCUT2D eigenvalue weighted by Gasteiger charge is 2.48. The average Bonchev–Trinajstić information content (AvgIpc) is 3.46. The van der Waals surface area contributed by atoms with Crippen molar-refractivity contribution in [3.63, 3.8) is 0 Å². The van der Waals surface area contributed by atoms with Gasteiger partial charge in [-0.2, -0.15) is 9.13 Å². The van der Waals surface area contributed by atoms with E-state index in [0.29, 0.717) is 5.92 Å². The lowest BCUT2D eigenvalue weighted by molar-refractivity contribution is -0.726. The molecule has 0 bridgehead atoms. The molecule has 0 spiro atoms. The zero-order chi connectivity index (χ0) is 36.0. The normalized spacial score (nSPS) is 17.3. The van der Waals surface area contributed by atoms with Crippen molar-refractivity contribution >= 4 is 41.0 Å². The molecular formula is C46H53N3OSi+2. The number of benzene rings is 2. The van der Waals surface area contributed by atoms with E-state index in [1.165, 1.54) is 50.3 Å². The minimum absolute atomic E-state index is 0.0496. The lowest BCUT2D eigenvalue weighted by atomic mass is 9.78. The number of pyridine rings is 3. The van der Waals surface area contributed by atoms with Crippen LogP contribution in [0.1, 0.15) is 80.8 Å². The van der Waals surface area contributed by atoms with Gasteiger partial charge in [0.2, 0.25) is 28.8 Å². The Morgan fingerprint density at radius 3 is 2.41 bits per heavy atom. The molecule has 260 valence electrons. The van der Waals surface area contributed by atoms with Crippen molar-refractivity contribution in [2.24, 2.45) is 11.3 Å². The molecule has 2 aromatic carbocycles. The van der Waals surface area contributed by atoms with Crippen LogP contribution in [0.3, 0.4) is 0 Å². The predicted octanol–water partition coefficient (Wildman–Crippen LogP) is 10.3. The van der Waals surface area contributed by atoms with Gasteiger partial charge in [0.1, 0.15) is 5.58 Å². The summed E-state index contributed by atoms with van der Waals surface area (Å²) in [7, 11) is -1.69. The van der Waals surface area contributed by atoms with Gasteiger partial charge in [-0.1, -0.05) is 90.7 Å². The van der Waals surface area contributed by atoms with Crippen LogP contribution < -0.4 is 14.3 Å². The maximum atomic E-state index is 6.40. The first-order valence-electron chi connectivity index (χ1n) is 18.9. The molecule has 8 rings (SSSR count). The minimum atomic E-state index is -1.69. The molecule has 2 unspecified atom stereocenters. The first kappa shape index (κ1) is 33.8. The molecule has 2 aliphatic rings. The van der Waals surface area contributed by atoms with Gasteiger partial charge in [0, 0.05) is 40.0 Å². The van der Waals surface area contributed by atoms with Gasteiger partial charge in [-0.25, -0.2) is 4.98 Å². The summed E-state index contributed by atoms with van der Waals surface area (Å²) in [6.07, 6.45) is 11.0. The number of aromatic nitrogens is 3. The molecule has 0 amide bonds. The number of nitrogens with zero attached hydrogens (tertiary/aromatic N) is 3. The summed E-state index contributed by atoms with van der Waals surface area (Å²) < 4.78 is 11.5. The van der Waals surface area contributed by atoms with E-state index in [-0.39, 0.29) is 17.4 Å². The number of furan rings is 1. The first-order valence-corrected chi connectivity index (χ1v) is 22.4. The van der Waals surface area contributed by atoms with Crippen molar-refractivity contribution < 1.29 is 13.6 Å². The van der Waals surface area contributed by atoms with E-state index in [1.807, 2.05) is 0 Å². The van der Waals surface area contributed by atoms with Crippen LogP contribution in [0.5, 0.6) is 0 Å². The Morgan fingerprint density at radius 2 is 1.67 bits per heavy atom. The Bertz CT molecular complexity index is 2370. The third kappa shape index (κ3) is 5.78. The molecule has 4 aromatic heterocycles. The van der Waals surface area contributed by atoms with Crippen LogP contribution >= 0.6 is 0 Å². The second-order valence-electron chi connectivity index (χ2n) is 17.9. The smallest absolute Gasteiger partial charge is 0.249 e. The third-order valence-electron chi connectivity index (χ3n) is 11.2. The molecule has 0 fully saturated rings. The maximum Gasteiger partial charge on any atom is 0.249 e. The molecule has 51 heavy (non-hydrogen) atoms. The summed E-state index contributed by atoms with van der Waals surface area (Å²) in [4.78, 5) is 5.01. The number of hydrogen-bond donors (Lipinski definition) is 0. The summed E-state index contributed by atoms with van der Waals surface area (Å²) in [5.41, 5.74) is 14.8. The molecule has 0 saturated heterocycles. The van der Waals surface area contributed by atoms with E-state index in [1.54, 1.807) is 5.19 Å². The molecule has 0 saturated carbocycles. The third-order valence-corrected chi connectivity index (χ3v) is 13.3. The van der Waals surface area contributed by atoms with Crippen LogP contribution in [0.25, 0.3) is 50.3 Å². The summed E-state index contributed by atoms with van der Waals surface area (Å²) in [6, 6.07) is 22.7. The largest absolute Gasteiger partial charge is 0.438 e. The van der Waals surface area contributed by atoms with Crippen molar-refractivity contribution in [3.05, 3.63) is 114 Å². The Hall–Kier alpha value is -4.35. The molecule has 6 aromatic rings. The van der Waals surface area contributed by atoms with Gasteiger partial charge in [0.15, 0.2) is 12.4 Å². The quantitative estimate of drug-likeness (QED) is 0.136. The zero-order valence-electron chi connectivity index (χ0n) is 32.0. The van der Waals surface area contributed by atoms with E-state index in [4.69, 9.17) is 16.0 Å². The van der Waals surface area contributed by atoms with Crippen LogP contribution in [-0.4, -0.2) is 13.1 Å². The number of rotatable bonds is 4. The van der Waals surface area contributed by atoms with Gasteiger partial charge in [0.05, 0.1) is 24.9 Å². The van der Waals surface area contributed by atoms with E-state index < -0.39 is 8.07 Å². The van der Waals surface area contributed by atoms with Crippen molar-refractivity contribution in [2.45, 2.75) is 98.8 Å². The van der Waals surface area contributed by atoms with E-state index in [9.17, 15) is 0 Å². The van der Waals surface area contributed by atoms with Crippen molar-refractivity contribution in [1.29, 1.82) is 0 Å². The monoisotopic (exact) mass is 691 g/mol. The fourth-order valence-electron chi connectivity index (χ4n) is 9.04. The van der Waals surface area contributed by atoms with Crippen LogP contribution in [0, 0.1) is 18.3 Å². The predicted molar refractivity (Wildman–Crippen MR) is 214 cm³/mol. The van der Waals surface area contributed by atoms with Crippen molar-refractivity contribution in [3.8, 4) is 22.5 Å². The highest BCUT2D eigenvalue weighted by molar-refractivity contribution is 6.89. The Labute approximate surface area is 304 Å². The molecule has 6 heterocycles. The summed E-state index contributed by atoms with van der Waals surface area (Å²) in [5, 5.41) is 3.85. The lowest BCUT2D eigenvalue weighted by Crippen LogP contribution is -2.57. The Balaban J connectivity index is 1.44. The Kier molecular flexibility index (Phi) is 8.03. The van der Waals surface area contributed by atoms with E-state index in [0.717, 1.165) is 53.4 Å². The second kappa shape index (κ2) is 12.1. The van der Waals surface area contributed by atoms with Gasteiger partial charge in [-0.05, 0) is 84.9 Å². The molecule has 0 N–H and O–H groups in total. The topological polar surface area (TPSA) is 33.8 Å². The molecule has 2 aliphatic heterocycles. The maximum absolute atomic E-state index is 6.40. The molecule has 5 heteroatoms. The van der Waals surface area contributed by atoms with E-state index >= 15 is 0 Å². The second-order valence-corrected chi connectivity index (χ2v) is 23.0. The van der Waals surface area contributed by atoms with Crippen LogP contribution in [-0.2, 0) is 19.3 Å². The van der Waals surface area contributed by atoms with E-state index in [2.05, 4.69) is 150 Å².